The van der Waals surface area contributed by atoms with Crippen LogP contribution in [0.1, 0.15) is 45.6 Å². The molecule has 2 N–H and O–H groups in total. The lowest BCUT2D eigenvalue weighted by atomic mass is 9.90. The number of rotatable bonds is 4. The minimum atomic E-state index is 0.213. The van der Waals surface area contributed by atoms with Gasteiger partial charge in [0.2, 0.25) is 0 Å². The second kappa shape index (κ2) is 6.82. The second-order valence-corrected chi connectivity index (χ2v) is 6.64. The minimum Gasteiger partial charge on any atom is -0.368 e. The Labute approximate surface area is 128 Å². The smallest absolute Gasteiger partial charge is 0.0410 e. The van der Waals surface area contributed by atoms with E-state index in [4.69, 9.17) is 17.3 Å². The molecule has 20 heavy (non-hydrogen) atoms. The third-order valence-electron chi connectivity index (χ3n) is 4.73. The van der Waals surface area contributed by atoms with Crippen molar-refractivity contribution in [3.8, 4) is 0 Å². The molecule has 3 atom stereocenters. The summed E-state index contributed by atoms with van der Waals surface area (Å²) in [4.78, 5) is 2.54. The van der Waals surface area contributed by atoms with E-state index in [-0.39, 0.29) is 6.04 Å². The van der Waals surface area contributed by atoms with Crippen LogP contribution in [-0.2, 0) is 6.42 Å². The number of hydrogen-bond acceptors (Lipinski definition) is 2. The van der Waals surface area contributed by atoms with Crippen molar-refractivity contribution in [3.05, 3.63) is 28.8 Å². The Kier molecular flexibility index (Phi) is 5.34. The van der Waals surface area contributed by atoms with Crippen molar-refractivity contribution >= 4 is 17.3 Å². The van der Waals surface area contributed by atoms with Crippen LogP contribution in [0.2, 0.25) is 5.02 Å². The fourth-order valence-electron chi connectivity index (χ4n) is 3.10. The van der Waals surface area contributed by atoms with Crippen LogP contribution in [0.3, 0.4) is 0 Å². The quantitative estimate of drug-likeness (QED) is 0.900. The Hall–Kier alpha value is -0.730. The van der Waals surface area contributed by atoms with Crippen LogP contribution >= 0.6 is 11.6 Å². The number of piperidine rings is 1. The zero-order valence-electron chi connectivity index (χ0n) is 12.9. The van der Waals surface area contributed by atoms with Gasteiger partial charge in [-0.15, -0.1) is 0 Å². The SMILES string of the molecule is CCC(N)Cc1cc(Cl)ccc1N1CCCC(C)C1C. The summed E-state index contributed by atoms with van der Waals surface area (Å²) in [5.41, 5.74) is 8.78. The Morgan fingerprint density at radius 2 is 2.15 bits per heavy atom. The fourth-order valence-corrected chi connectivity index (χ4v) is 3.29. The average molecular weight is 295 g/mol. The molecule has 2 nitrogen and oxygen atoms in total. The van der Waals surface area contributed by atoms with Gasteiger partial charge in [0, 0.05) is 29.3 Å². The van der Waals surface area contributed by atoms with Crippen LogP contribution in [0.4, 0.5) is 5.69 Å². The molecule has 3 heteroatoms. The third-order valence-corrected chi connectivity index (χ3v) is 4.97. The number of hydrogen-bond donors (Lipinski definition) is 1. The van der Waals surface area contributed by atoms with E-state index in [9.17, 15) is 0 Å². The van der Waals surface area contributed by atoms with Crippen LogP contribution in [0.15, 0.2) is 18.2 Å². The van der Waals surface area contributed by atoms with Gasteiger partial charge in [-0.05, 0) is 62.3 Å². The molecule has 1 heterocycles. The average Bonchev–Trinajstić information content (AvgIpc) is 2.42. The highest BCUT2D eigenvalue weighted by atomic mass is 35.5. The summed E-state index contributed by atoms with van der Waals surface area (Å²) < 4.78 is 0. The van der Waals surface area contributed by atoms with Crippen molar-refractivity contribution in [2.45, 2.75) is 58.5 Å². The summed E-state index contributed by atoms with van der Waals surface area (Å²) >= 11 is 6.19. The molecule has 1 aliphatic heterocycles. The van der Waals surface area contributed by atoms with E-state index in [1.807, 2.05) is 6.07 Å². The van der Waals surface area contributed by atoms with Crippen LogP contribution in [0.5, 0.6) is 0 Å². The normalized spacial score (nSPS) is 24.8. The lowest BCUT2D eigenvalue weighted by Crippen LogP contribution is -2.43. The zero-order chi connectivity index (χ0) is 14.7. The van der Waals surface area contributed by atoms with E-state index in [1.165, 1.54) is 24.1 Å². The summed E-state index contributed by atoms with van der Waals surface area (Å²) in [6.45, 7) is 7.97. The van der Waals surface area contributed by atoms with Crippen LogP contribution in [0.25, 0.3) is 0 Å². The largest absolute Gasteiger partial charge is 0.368 e. The van der Waals surface area contributed by atoms with Crippen LogP contribution in [-0.4, -0.2) is 18.6 Å². The molecule has 1 saturated heterocycles. The fraction of sp³-hybridized carbons (Fsp3) is 0.647. The Morgan fingerprint density at radius 3 is 2.85 bits per heavy atom. The van der Waals surface area contributed by atoms with Gasteiger partial charge in [0.1, 0.15) is 0 Å². The summed E-state index contributed by atoms with van der Waals surface area (Å²) in [6, 6.07) is 7.07. The first-order valence-electron chi connectivity index (χ1n) is 7.83. The lowest BCUT2D eigenvalue weighted by molar-refractivity contribution is 0.363. The maximum absolute atomic E-state index is 6.19. The summed E-state index contributed by atoms with van der Waals surface area (Å²) in [5, 5.41) is 0.810. The zero-order valence-corrected chi connectivity index (χ0v) is 13.7. The van der Waals surface area contributed by atoms with Crippen molar-refractivity contribution in [3.63, 3.8) is 0 Å². The first-order valence-corrected chi connectivity index (χ1v) is 8.21. The lowest BCUT2D eigenvalue weighted by Gasteiger charge is -2.41. The summed E-state index contributed by atoms with van der Waals surface area (Å²) in [6.07, 6.45) is 4.50. The maximum Gasteiger partial charge on any atom is 0.0410 e. The van der Waals surface area contributed by atoms with Crippen molar-refractivity contribution in [1.29, 1.82) is 0 Å². The van der Waals surface area contributed by atoms with Gasteiger partial charge in [-0.25, -0.2) is 0 Å². The Morgan fingerprint density at radius 1 is 1.40 bits per heavy atom. The standard InChI is InChI=1S/C17H27ClN2/c1-4-16(19)11-14-10-15(18)7-8-17(14)20-9-5-6-12(2)13(20)3/h7-8,10,12-13,16H,4-6,9,11,19H2,1-3H3. The minimum absolute atomic E-state index is 0.213. The first-order chi connectivity index (χ1) is 9.52. The molecule has 1 aromatic rings. The third kappa shape index (κ3) is 3.48. The highest BCUT2D eigenvalue weighted by molar-refractivity contribution is 6.30. The summed E-state index contributed by atoms with van der Waals surface area (Å²) in [5.74, 6) is 0.743. The highest BCUT2D eigenvalue weighted by Crippen LogP contribution is 2.32. The molecule has 0 saturated carbocycles. The highest BCUT2D eigenvalue weighted by Gasteiger charge is 2.26. The van der Waals surface area contributed by atoms with Crippen LogP contribution < -0.4 is 10.6 Å². The van der Waals surface area contributed by atoms with Gasteiger partial charge < -0.3 is 10.6 Å². The summed E-state index contributed by atoms with van der Waals surface area (Å²) in [7, 11) is 0. The predicted molar refractivity (Wildman–Crippen MR) is 88.6 cm³/mol. The Bertz CT molecular complexity index is 447. The van der Waals surface area contributed by atoms with Gasteiger partial charge in [0.05, 0.1) is 0 Å². The van der Waals surface area contributed by atoms with E-state index >= 15 is 0 Å². The monoisotopic (exact) mass is 294 g/mol. The van der Waals surface area contributed by atoms with Crippen molar-refractivity contribution < 1.29 is 0 Å². The number of nitrogens with zero attached hydrogens (tertiary/aromatic N) is 1. The predicted octanol–water partition coefficient (Wildman–Crippen LogP) is 4.24. The Balaban J connectivity index is 2.30. The van der Waals surface area contributed by atoms with Gasteiger partial charge in [0.15, 0.2) is 0 Å². The van der Waals surface area contributed by atoms with E-state index in [1.54, 1.807) is 0 Å². The number of anilines is 1. The molecule has 2 rings (SSSR count). The van der Waals surface area contributed by atoms with E-state index in [2.05, 4.69) is 37.8 Å². The molecule has 0 bridgehead atoms. The molecule has 0 amide bonds. The van der Waals surface area contributed by atoms with Crippen molar-refractivity contribution in [2.24, 2.45) is 11.7 Å². The van der Waals surface area contributed by atoms with Gasteiger partial charge in [-0.3, -0.25) is 0 Å². The number of nitrogens with two attached hydrogens (primary N) is 1. The molecule has 1 aromatic carbocycles. The van der Waals surface area contributed by atoms with Crippen molar-refractivity contribution in [2.75, 3.05) is 11.4 Å². The molecule has 0 radical (unpaired) electrons. The molecular formula is C17H27ClN2. The molecule has 0 spiro atoms. The number of halogens is 1. The second-order valence-electron chi connectivity index (χ2n) is 6.20. The van der Waals surface area contributed by atoms with Crippen LogP contribution in [0, 0.1) is 5.92 Å². The molecule has 3 unspecified atom stereocenters. The molecule has 1 aliphatic rings. The molecule has 0 aromatic heterocycles. The maximum atomic E-state index is 6.19. The molecular weight excluding hydrogens is 268 g/mol. The van der Waals surface area contributed by atoms with E-state index in [0.29, 0.717) is 6.04 Å². The first kappa shape index (κ1) is 15.7. The topological polar surface area (TPSA) is 29.3 Å². The van der Waals surface area contributed by atoms with Crippen molar-refractivity contribution in [1.82, 2.24) is 0 Å². The van der Waals surface area contributed by atoms with Gasteiger partial charge in [-0.1, -0.05) is 25.4 Å². The molecule has 112 valence electrons. The van der Waals surface area contributed by atoms with Gasteiger partial charge in [-0.2, -0.15) is 0 Å². The molecule has 0 aliphatic carbocycles. The molecule has 1 fully saturated rings. The van der Waals surface area contributed by atoms with Gasteiger partial charge in [0.25, 0.3) is 0 Å². The van der Waals surface area contributed by atoms with E-state index in [0.717, 1.165) is 30.3 Å². The van der Waals surface area contributed by atoms with Gasteiger partial charge >= 0.3 is 0 Å². The number of benzene rings is 1. The van der Waals surface area contributed by atoms with E-state index < -0.39 is 0 Å².